The smallest absolute Gasteiger partial charge is 0.271 e. The molecule has 2 rings (SSSR count). The summed E-state index contributed by atoms with van der Waals surface area (Å²) >= 11 is 5.83. The van der Waals surface area contributed by atoms with Gasteiger partial charge in [0, 0.05) is 31.3 Å². The van der Waals surface area contributed by atoms with Crippen molar-refractivity contribution in [3.8, 4) is 0 Å². The highest BCUT2D eigenvalue weighted by Crippen LogP contribution is 2.29. The van der Waals surface area contributed by atoms with Crippen molar-refractivity contribution in [1.29, 1.82) is 0 Å². The van der Waals surface area contributed by atoms with Gasteiger partial charge in [0.25, 0.3) is 5.69 Å². The van der Waals surface area contributed by atoms with E-state index < -0.39 is 14.9 Å². The number of nitro benzene ring substituents is 1. The summed E-state index contributed by atoms with van der Waals surface area (Å²) in [4.78, 5) is 9.82. The first kappa shape index (κ1) is 14.2. The minimum atomic E-state index is -3.75. The number of nitrogens with two attached hydrogens (primary N) is 1. The van der Waals surface area contributed by atoms with Gasteiger partial charge in [-0.3, -0.25) is 10.1 Å². The van der Waals surface area contributed by atoms with Crippen molar-refractivity contribution in [3.05, 3.63) is 33.3 Å². The maximum atomic E-state index is 12.3. The Morgan fingerprint density at radius 1 is 1.47 bits per heavy atom. The largest absolute Gasteiger partial charge is 0.326 e. The highest BCUT2D eigenvalue weighted by Gasteiger charge is 2.32. The van der Waals surface area contributed by atoms with Crippen LogP contribution in [0.5, 0.6) is 0 Å². The molecule has 1 aromatic carbocycles. The zero-order valence-electron chi connectivity index (χ0n) is 9.82. The molecule has 7 nitrogen and oxygen atoms in total. The summed E-state index contributed by atoms with van der Waals surface area (Å²) in [5.74, 6) is 0. The normalized spacial score (nSPS) is 20.6. The van der Waals surface area contributed by atoms with E-state index >= 15 is 0 Å². The van der Waals surface area contributed by atoms with E-state index in [9.17, 15) is 18.5 Å². The first-order valence-corrected chi connectivity index (χ1v) is 7.34. The van der Waals surface area contributed by atoms with Gasteiger partial charge in [-0.15, -0.1) is 0 Å². The summed E-state index contributed by atoms with van der Waals surface area (Å²) in [6.45, 7) is 0.562. The van der Waals surface area contributed by atoms with Crippen LogP contribution in [0.3, 0.4) is 0 Å². The molecule has 0 bridgehead atoms. The first-order valence-electron chi connectivity index (χ1n) is 5.52. The van der Waals surface area contributed by atoms with Crippen molar-refractivity contribution >= 4 is 27.3 Å². The topological polar surface area (TPSA) is 107 Å². The summed E-state index contributed by atoms with van der Waals surface area (Å²) in [7, 11) is -3.75. The first-order chi connectivity index (χ1) is 8.82. The average Bonchev–Trinajstić information content (AvgIpc) is 2.76. The highest BCUT2D eigenvalue weighted by atomic mass is 35.5. The molecule has 0 amide bonds. The van der Waals surface area contributed by atoms with E-state index in [0.29, 0.717) is 13.0 Å². The number of nitro groups is 1. The number of halogens is 1. The minimum absolute atomic E-state index is 0.131. The van der Waals surface area contributed by atoms with Crippen LogP contribution < -0.4 is 5.73 Å². The van der Waals surface area contributed by atoms with Crippen LogP contribution in [0.25, 0.3) is 0 Å². The molecule has 0 aliphatic carbocycles. The molecule has 1 heterocycles. The number of non-ortho nitro benzene ring substituents is 1. The number of benzene rings is 1. The van der Waals surface area contributed by atoms with E-state index in [2.05, 4.69) is 0 Å². The molecule has 1 saturated heterocycles. The van der Waals surface area contributed by atoms with Crippen LogP contribution in [0.1, 0.15) is 6.42 Å². The van der Waals surface area contributed by atoms with Gasteiger partial charge in [-0.2, -0.15) is 4.31 Å². The number of hydrogen-bond donors (Lipinski definition) is 1. The zero-order chi connectivity index (χ0) is 14.2. The van der Waals surface area contributed by atoms with Gasteiger partial charge in [-0.25, -0.2) is 8.42 Å². The number of nitrogens with zero attached hydrogens (tertiary/aromatic N) is 2. The van der Waals surface area contributed by atoms with Crippen molar-refractivity contribution in [2.24, 2.45) is 5.73 Å². The Balaban J connectivity index is 2.38. The molecule has 104 valence electrons. The van der Waals surface area contributed by atoms with Crippen LogP contribution in [0.4, 0.5) is 5.69 Å². The van der Waals surface area contributed by atoms with Crippen molar-refractivity contribution in [2.45, 2.75) is 17.4 Å². The monoisotopic (exact) mass is 305 g/mol. The molecule has 1 aromatic rings. The van der Waals surface area contributed by atoms with Gasteiger partial charge in [0.15, 0.2) is 0 Å². The molecule has 0 unspecified atom stereocenters. The molecule has 0 aromatic heterocycles. The molecule has 0 saturated carbocycles. The third-order valence-electron chi connectivity index (χ3n) is 2.93. The minimum Gasteiger partial charge on any atom is -0.326 e. The molecule has 1 aliphatic heterocycles. The average molecular weight is 306 g/mol. The Morgan fingerprint density at radius 2 is 2.16 bits per heavy atom. The van der Waals surface area contributed by atoms with Crippen LogP contribution in [0.15, 0.2) is 23.1 Å². The van der Waals surface area contributed by atoms with Crippen LogP contribution in [-0.2, 0) is 10.0 Å². The summed E-state index contributed by atoms with van der Waals surface area (Å²) in [6.07, 6.45) is 0.587. The zero-order valence-corrected chi connectivity index (χ0v) is 11.4. The van der Waals surface area contributed by atoms with E-state index in [1.807, 2.05) is 0 Å². The molecule has 2 N–H and O–H groups in total. The number of hydrogen-bond acceptors (Lipinski definition) is 5. The van der Waals surface area contributed by atoms with Gasteiger partial charge in [-0.05, 0) is 12.5 Å². The lowest BCUT2D eigenvalue weighted by molar-refractivity contribution is -0.384. The molecule has 0 spiro atoms. The van der Waals surface area contributed by atoms with Gasteiger partial charge in [0.2, 0.25) is 10.0 Å². The predicted molar refractivity (Wildman–Crippen MR) is 69.5 cm³/mol. The van der Waals surface area contributed by atoms with E-state index in [-0.39, 0.29) is 28.2 Å². The lowest BCUT2D eigenvalue weighted by Crippen LogP contribution is -2.32. The van der Waals surface area contributed by atoms with Crippen molar-refractivity contribution in [1.82, 2.24) is 4.31 Å². The molecule has 1 fully saturated rings. The Kier molecular flexibility index (Phi) is 3.77. The second kappa shape index (κ2) is 5.04. The fraction of sp³-hybridized carbons (Fsp3) is 0.400. The van der Waals surface area contributed by atoms with Crippen LogP contribution in [0.2, 0.25) is 5.02 Å². The molecular weight excluding hydrogens is 294 g/mol. The summed E-state index contributed by atoms with van der Waals surface area (Å²) < 4.78 is 25.8. The molecule has 19 heavy (non-hydrogen) atoms. The SMILES string of the molecule is N[C@@H]1CCN(S(=O)(=O)c2ccc([N+](=O)[O-])cc2Cl)C1. The Hall–Kier alpha value is -1.22. The van der Waals surface area contributed by atoms with Crippen LogP contribution in [-0.4, -0.2) is 36.8 Å². The molecular formula is C10H12ClN3O4S. The Bertz CT molecular complexity index is 619. The van der Waals surface area contributed by atoms with Crippen molar-refractivity contribution in [2.75, 3.05) is 13.1 Å². The summed E-state index contributed by atoms with van der Waals surface area (Å²) in [5.41, 5.74) is 5.43. The van der Waals surface area contributed by atoms with Crippen LogP contribution in [0, 0.1) is 10.1 Å². The Morgan fingerprint density at radius 3 is 2.63 bits per heavy atom. The number of sulfonamides is 1. The van der Waals surface area contributed by atoms with Gasteiger partial charge in [0.05, 0.1) is 9.95 Å². The molecule has 1 atom stereocenters. The van der Waals surface area contributed by atoms with Gasteiger partial charge in [-0.1, -0.05) is 11.6 Å². The standard InChI is InChI=1S/C10H12ClN3O4S/c11-9-5-8(14(15)16)1-2-10(9)19(17,18)13-4-3-7(12)6-13/h1-2,5,7H,3-4,6,12H2/t7-/m1/s1. The van der Waals surface area contributed by atoms with E-state index in [0.717, 1.165) is 18.2 Å². The highest BCUT2D eigenvalue weighted by molar-refractivity contribution is 7.89. The predicted octanol–water partition coefficient (Wildman–Crippen LogP) is 0.970. The van der Waals surface area contributed by atoms with Crippen molar-refractivity contribution in [3.63, 3.8) is 0 Å². The van der Waals surface area contributed by atoms with Gasteiger partial charge >= 0.3 is 0 Å². The maximum Gasteiger partial charge on any atom is 0.271 e. The summed E-state index contributed by atoms with van der Waals surface area (Å²) in [6, 6.07) is 3.12. The van der Waals surface area contributed by atoms with E-state index in [1.54, 1.807) is 0 Å². The van der Waals surface area contributed by atoms with Crippen LogP contribution >= 0.6 is 11.6 Å². The molecule has 0 radical (unpaired) electrons. The fourth-order valence-electron chi connectivity index (χ4n) is 1.92. The lowest BCUT2D eigenvalue weighted by atomic mass is 10.3. The quantitative estimate of drug-likeness (QED) is 0.661. The Labute approximate surface area is 115 Å². The third-order valence-corrected chi connectivity index (χ3v) is 5.28. The molecule has 1 aliphatic rings. The third kappa shape index (κ3) is 2.71. The second-order valence-electron chi connectivity index (χ2n) is 4.28. The lowest BCUT2D eigenvalue weighted by Gasteiger charge is -2.16. The van der Waals surface area contributed by atoms with E-state index in [1.165, 1.54) is 4.31 Å². The van der Waals surface area contributed by atoms with E-state index in [4.69, 9.17) is 17.3 Å². The second-order valence-corrected chi connectivity index (χ2v) is 6.60. The molecule has 9 heteroatoms. The fourth-order valence-corrected chi connectivity index (χ4v) is 3.95. The van der Waals surface area contributed by atoms with Crippen molar-refractivity contribution < 1.29 is 13.3 Å². The maximum absolute atomic E-state index is 12.3. The summed E-state index contributed by atoms with van der Waals surface area (Å²) in [5, 5.41) is 10.4. The van der Waals surface area contributed by atoms with Gasteiger partial charge < -0.3 is 5.73 Å². The van der Waals surface area contributed by atoms with Gasteiger partial charge in [0.1, 0.15) is 4.90 Å². The number of rotatable bonds is 3.